The van der Waals surface area contributed by atoms with Crippen molar-refractivity contribution in [2.75, 3.05) is 26.4 Å². The van der Waals surface area contributed by atoms with Gasteiger partial charge >= 0.3 is 0 Å². The van der Waals surface area contributed by atoms with Gasteiger partial charge in [0.1, 0.15) is 6.04 Å². The number of hydrogen-bond acceptors (Lipinski definition) is 5. The van der Waals surface area contributed by atoms with E-state index < -0.39 is 0 Å². The Morgan fingerprint density at radius 1 is 1.38 bits per heavy atom. The van der Waals surface area contributed by atoms with E-state index in [0.29, 0.717) is 25.7 Å². The Morgan fingerprint density at radius 2 is 2.12 bits per heavy atom. The van der Waals surface area contributed by atoms with Gasteiger partial charge in [0.05, 0.1) is 25.9 Å². The van der Waals surface area contributed by atoms with Crippen LogP contribution in [0.2, 0.25) is 0 Å². The van der Waals surface area contributed by atoms with Crippen molar-refractivity contribution in [2.45, 2.75) is 50.2 Å². The van der Waals surface area contributed by atoms with Crippen molar-refractivity contribution in [3.63, 3.8) is 0 Å². The highest BCUT2D eigenvalue weighted by Gasteiger charge is 2.35. The van der Waals surface area contributed by atoms with E-state index >= 15 is 0 Å². The lowest BCUT2D eigenvalue weighted by atomic mass is 10.1. The summed E-state index contributed by atoms with van der Waals surface area (Å²) in [6.45, 7) is 1.87. The number of pyridine rings is 1. The summed E-state index contributed by atoms with van der Waals surface area (Å²) in [6, 6.07) is 3.78. The minimum atomic E-state index is -0.285. The minimum Gasteiger partial charge on any atom is -0.394 e. The molecule has 1 amide bonds. The lowest BCUT2D eigenvalue weighted by molar-refractivity contribution is -0.135. The summed E-state index contributed by atoms with van der Waals surface area (Å²) >= 11 is 0. The molecule has 0 unspecified atom stereocenters. The summed E-state index contributed by atoms with van der Waals surface area (Å²) in [6.07, 6.45) is 8.89. The molecular formula is C18H27N3O3. The van der Waals surface area contributed by atoms with Crippen molar-refractivity contribution in [3.05, 3.63) is 30.1 Å². The average Bonchev–Trinajstić information content (AvgIpc) is 3.16. The maximum atomic E-state index is 12.8. The van der Waals surface area contributed by atoms with Crippen molar-refractivity contribution in [1.29, 1.82) is 0 Å². The zero-order valence-electron chi connectivity index (χ0n) is 14.1. The van der Waals surface area contributed by atoms with E-state index in [-0.39, 0.29) is 24.6 Å². The van der Waals surface area contributed by atoms with Crippen LogP contribution in [-0.4, -0.2) is 65.4 Å². The number of carbonyl (C=O) groups is 1. The van der Waals surface area contributed by atoms with Gasteiger partial charge in [-0.3, -0.25) is 14.7 Å². The fraction of sp³-hybridized carbons (Fsp3) is 0.667. The second kappa shape index (κ2) is 8.55. The molecule has 0 bridgehead atoms. The summed E-state index contributed by atoms with van der Waals surface area (Å²) in [4.78, 5) is 19.1. The number of nitrogens with one attached hydrogen (secondary N) is 1. The number of aliphatic hydroxyl groups is 1. The maximum absolute atomic E-state index is 12.8. The van der Waals surface area contributed by atoms with E-state index in [0.717, 1.165) is 12.1 Å². The molecule has 1 aromatic rings. The van der Waals surface area contributed by atoms with Gasteiger partial charge in [0.25, 0.3) is 0 Å². The Balaban J connectivity index is 1.60. The highest BCUT2D eigenvalue weighted by atomic mass is 16.5. The second-order valence-electron chi connectivity index (χ2n) is 6.71. The van der Waals surface area contributed by atoms with Crippen LogP contribution in [-0.2, 0) is 16.0 Å². The first-order chi connectivity index (χ1) is 11.8. The van der Waals surface area contributed by atoms with E-state index in [2.05, 4.69) is 15.2 Å². The number of rotatable bonds is 6. The van der Waals surface area contributed by atoms with Crippen molar-refractivity contribution in [1.82, 2.24) is 15.2 Å². The number of ether oxygens (including phenoxy) is 1. The zero-order chi connectivity index (χ0) is 16.8. The molecule has 1 saturated heterocycles. The molecule has 0 aromatic carbocycles. The summed E-state index contributed by atoms with van der Waals surface area (Å²) < 4.78 is 5.55. The van der Waals surface area contributed by atoms with Crippen LogP contribution >= 0.6 is 0 Å². The average molecular weight is 333 g/mol. The van der Waals surface area contributed by atoms with Crippen LogP contribution in [0.3, 0.4) is 0 Å². The normalized spacial score (nSPS) is 24.0. The van der Waals surface area contributed by atoms with Crippen molar-refractivity contribution in [2.24, 2.45) is 0 Å². The fourth-order valence-electron chi connectivity index (χ4n) is 3.78. The molecule has 132 valence electrons. The van der Waals surface area contributed by atoms with Crippen LogP contribution in [0.1, 0.15) is 31.2 Å². The van der Waals surface area contributed by atoms with Crippen LogP contribution in [0.5, 0.6) is 0 Å². The maximum Gasteiger partial charge on any atom is 0.240 e. The van der Waals surface area contributed by atoms with Gasteiger partial charge in [-0.15, -0.1) is 0 Å². The lowest BCUT2D eigenvalue weighted by Crippen LogP contribution is -2.58. The number of aromatic nitrogens is 1. The Bertz CT molecular complexity index is 520. The number of morpholine rings is 1. The lowest BCUT2D eigenvalue weighted by Gasteiger charge is -2.39. The summed E-state index contributed by atoms with van der Waals surface area (Å²) in [7, 11) is 0. The Labute approximate surface area is 143 Å². The molecule has 2 N–H and O–H groups in total. The number of amides is 1. The standard InChI is InChI=1S/C18H27N3O3/c22-12-15(11-14-5-7-19-8-6-14)20-18(23)17-13-24-10-9-21(17)16-3-1-2-4-16/h5-8,15-17,22H,1-4,9-13H2,(H,20,23)/t15-,17+/m1/s1. The second-order valence-corrected chi connectivity index (χ2v) is 6.71. The SMILES string of the molecule is O=C(N[C@@H](CO)Cc1ccncc1)[C@@H]1COCCN1C1CCCC1. The van der Waals surface area contributed by atoms with Gasteiger partial charge in [0.2, 0.25) is 5.91 Å². The molecule has 6 heteroatoms. The highest BCUT2D eigenvalue weighted by Crippen LogP contribution is 2.26. The van der Waals surface area contributed by atoms with Gasteiger partial charge in [-0.2, -0.15) is 0 Å². The van der Waals surface area contributed by atoms with Gasteiger partial charge in [-0.1, -0.05) is 12.8 Å². The van der Waals surface area contributed by atoms with E-state index in [4.69, 9.17) is 4.74 Å². The monoisotopic (exact) mass is 333 g/mol. The van der Waals surface area contributed by atoms with Gasteiger partial charge in [-0.05, 0) is 37.0 Å². The van der Waals surface area contributed by atoms with Crippen LogP contribution in [0, 0.1) is 0 Å². The summed E-state index contributed by atoms with van der Waals surface area (Å²) in [5.74, 6) is -0.0327. The first kappa shape index (κ1) is 17.3. The van der Waals surface area contributed by atoms with Crippen LogP contribution in [0.15, 0.2) is 24.5 Å². The van der Waals surface area contributed by atoms with Crippen LogP contribution < -0.4 is 5.32 Å². The van der Waals surface area contributed by atoms with Gasteiger partial charge in [0.15, 0.2) is 0 Å². The predicted octanol–water partition coefficient (Wildman–Crippen LogP) is 0.745. The molecule has 0 radical (unpaired) electrons. The third kappa shape index (κ3) is 4.32. The van der Waals surface area contributed by atoms with Crippen LogP contribution in [0.25, 0.3) is 0 Å². The van der Waals surface area contributed by atoms with E-state index in [1.807, 2.05) is 12.1 Å². The largest absolute Gasteiger partial charge is 0.394 e. The third-order valence-electron chi connectivity index (χ3n) is 5.06. The smallest absolute Gasteiger partial charge is 0.240 e. The minimum absolute atomic E-state index is 0.0327. The topological polar surface area (TPSA) is 74.7 Å². The van der Waals surface area contributed by atoms with Crippen LogP contribution in [0.4, 0.5) is 0 Å². The number of nitrogens with zero attached hydrogens (tertiary/aromatic N) is 2. The van der Waals surface area contributed by atoms with Gasteiger partial charge in [-0.25, -0.2) is 0 Å². The van der Waals surface area contributed by atoms with Crippen molar-refractivity contribution < 1.29 is 14.6 Å². The number of hydrogen-bond donors (Lipinski definition) is 2. The molecule has 1 aromatic heterocycles. The molecule has 1 saturated carbocycles. The molecule has 6 nitrogen and oxygen atoms in total. The molecule has 1 aliphatic carbocycles. The zero-order valence-corrected chi connectivity index (χ0v) is 14.1. The Hall–Kier alpha value is -1.50. The predicted molar refractivity (Wildman–Crippen MR) is 90.5 cm³/mol. The molecule has 2 atom stereocenters. The first-order valence-electron chi connectivity index (χ1n) is 8.91. The van der Waals surface area contributed by atoms with E-state index in [9.17, 15) is 9.90 Å². The van der Waals surface area contributed by atoms with Gasteiger partial charge in [0, 0.05) is 25.0 Å². The number of carbonyl (C=O) groups excluding carboxylic acids is 1. The molecule has 2 fully saturated rings. The summed E-state index contributed by atoms with van der Waals surface area (Å²) in [5, 5.41) is 12.6. The molecule has 24 heavy (non-hydrogen) atoms. The molecule has 1 aliphatic heterocycles. The quantitative estimate of drug-likeness (QED) is 0.803. The molecule has 2 aliphatic rings. The van der Waals surface area contributed by atoms with E-state index in [1.54, 1.807) is 12.4 Å². The molecule has 3 rings (SSSR count). The number of aliphatic hydroxyl groups excluding tert-OH is 1. The van der Waals surface area contributed by atoms with Gasteiger partial charge < -0.3 is 15.2 Å². The van der Waals surface area contributed by atoms with Crippen molar-refractivity contribution >= 4 is 5.91 Å². The summed E-state index contributed by atoms with van der Waals surface area (Å²) in [5.41, 5.74) is 1.05. The Kier molecular flexibility index (Phi) is 6.18. The van der Waals surface area contributed by atoms with Crippen molar-refractivity contribution in [3.8, 4) is 0 Å². The third-order valence-corrected chi connectivity index (χ3v) is 5.06. The van der Waals surface area contributed by atoms with E-state index in [1.165, 1.54) is 25.7 Å². The first-order valence-corrected chi connectivity index (χ1v) is 8.91. The molecule has 0 spiro atoms. The fourth-order valence-corrected chi connectivity index (χ4v) is 3.78. The molecular weight excluding hydrogens is 306 g/mol. The highest BCUT2D eigenvalue weighted by molar-refractivity contribution is 5.82. The molecule has 2 heterocycles. The Morgan fingerprint density at radius 3 is 2.83 bits per heavy atom.